The van der Waals surface area contributed by atoms with E-state index in [1.165, 1.54) is 12.0 Å². The molecule has 116 valence electrons. The van der Waals surface area contributed by atoms with Gasteiger partial charge in [0.1, 0.15) is 0 Å². The van der Waals surface area contributed by atoms with E-state index in [1.807, 2.05) is 6.07 Å². The van der Waals surface area contributed by atoms with Crippen LogP contribution < -0.4 is 10.6 Å². The standard InChI is InChI=1S/C18H28N2O/c1-14-10-12-19-16(13-14)17(21)20-18(2,3)11-9-15-7-5-4-6-8-15/h4-8,14,16,19H,9-13H2,1-3H3,(H,20,21). The lowest BCUT2D eigenvalue weighted by Gasteiger charge is -2.32. The zero-order chi connectivity index (χ0) is 15.3. The third kappa shape index (κ3) is 5.16. The van der Waals surface area contributed by atoms with Gasteiger partial charge in [-0.1, -0.05) is 37.3 Å². The normalized spacial score (nSPS) is 22.8. The highest BCUT2D eigenvalue weighted by Gasteiger charge is 2.28. The number of carbonyl (C=O) groups excluding carboxylic acids is 1. The highest BCUT2D eigenvalue weighted by atomic mass is 16.2. The van der Waals surface area contributed by atoms with Gasteiger partial charge < -0.3 is 10.6 Å². The van der Waals surface area contributed by atoms with Crippen molar-refractivity contribution in [3.8, 4) is 0 Å². The molecule has 3 heteroatoms. The summed E-state index contributed by atoms with van der Waals surface area (Å²) < 4.78 is 0. The number of hydrogen-bond donors (Lipinski definition) is 2. The summed E-state index contributed by atoms with van der Waals surface area (Å²) in [5, 5.41) is 6.55. The summed E-state index contributed by atoms with van der Waals surface area (Å²) in [6, 6.07) is 10.4. The van der Waals surface area contributed by atoms with E-state index in [1.54, 1.807) is 0 Å². The number of hydrogen-bond acceptors (Lipinski definition) is 2. The van der Waals surface area contributed by atoms with Crippen molar-refractivity contribution in [3.63, 3.8) is 0 Å². The molecule has 0 aromatic heterocycles. The van der Waals surface area contributed by atoms with E-state index < -0.39 is 0 Å². The van der Waals surface area contributed by atoms with Crippen molar-refractivity contribution in [2.75, 3.05) is 6.54 Å². The number of nitrogens with one attached hydrogen (secondary N) is 2. The Morgan fingerprint density at radius 2 is 2.05 bits per heavy atom. The van der Waals surface area contributed by atoms with Crippen molar-refractivity contribution in [3.05, 3.63) is 35.9 Å². The monoisotopic (exact) mass is 288 g/mol. The molecule has 0 bridgehead atoms. The predicted octanol–water partition coefficient (Wildman–Crippen LogP) is 2.90. The summed E-state index contributed by atoms with van der Waals surface area (Å²) in [5.41, 5.74) is 1.15. The minimum atomic E-state index is -0.171. The van der Waals surface area contributed by atoms with Gasteiger partial charge in [0.25, 0.3) is 0 Å². The van der Waals surface area contributed by atoms with Crippen molar-refractivity contribution in [1.82, 2.24) is 10.6 Å². The number of piperidine rings is 1. The minimum Gasteiger partial charge on any atom is -0.350 e. The number of rotatable bonds is 5. The van der Waals surface area contributed by atoms with Crippen LogP contribution in [0.1, 0.15) is 45.6 Å². The highest BCUT2D eigenvalue weighted by molar-refractivity contribution is 5.82. The quantitative estimate of drug-likeness (QED) is 0.874. The largest absolute Gasteiger partial charge is 0.350 e. The molecule has 0 spiro atoms. The van der Waals surface area contributed by atoms with Gasteiger partial charge in [0.05, 0.1) is 6.04 Å². The fraction of sp³-hybridized carbons (Fsp3) is 0.611. The van der Waals surface area contributed by atoms with Gasteiger partial charge in [-0.3, -0.25) is 4.79 Å². The summed E-state index contributed by atoms with van der Waals surface area (Å²) in [5.74, 6) is 0.786. The molecule has 0 radical (unpaired) electrons. The lowest BCUT2D eigenvalue weighted by atomic mass is 9.91. The number of benzene rings is 1. The van der Waals surface area contributed by atoms with Crippen LogP contribution in [0.4, 0.5) is 0 Å². The van der Waals surface area contributed by atoms with Crippen molar-refractivity contribution in [1.29, 1.82) is 0 Å². The van der Waals surface area contributed by atoms with E-state index in [9.17, 15) is 4.79 Å². The molecular weight excluding hydrogens is 260 g/mol. The SMILES string of the molecule is CC1CCNC(C(=O)NC(C)(C)CCc2ccccc2)C1. The molecule has 1 saturated heterocycles. The van der Waals surface area contributed by atoms with Crippen molar-refractivity contribution < 1.29 is 4.79 Å². The first-order valence-electron chi connectivity index (χ1n) is 8.05. The summed E-state index contributed by atoms with van der Waals surface area (Å²) in [6.45, 7) is 7.39. The number of carbonyl (C=O) groups is 1. The maximum Gasteiger partial charge on any atom is 0.237 e. The highest BCUT2D eigenvalue weighted by Crippen LogP contribution is 2.18. The molecule has 1 aliphatic rings. The van der Waals surface area contributed by atoms with E-state index in [-0.39, 0.29) is 17.5 Å². The number of amides is 1. The average Bonchev–Trinajstić information content (AvgIpc) is 2.46. The van der Waals surface area contributed by atoms with E-state index in [2.05, 4.69) is 55.7 Å². The molecule has 2 unspecified atom stereocenters. The van der Waals surface area contributed by atoms with Gasteiger partial charge in [-0.05, 0) is 57.6 Å². The van der Waals surface area contributed by atoms with Gasteiger partial charge in [-0.15, -0.1) is 0 Å². The minimum absolute atomic E-state index is 0.0234. The Morgan fingerprint density at radius 3 is 2.71 bits per heavy atom. The van der Waals surface area contributed by atoms with Crippen LogP contribution in [0.2, 0.25) is 0 Å². The van der Waals surface area contributed by atoms with E-state index >= 15 is 0 Å². The molecule has 3 nitrogen and oxygen atoms in total. The Bertz CT molecular complexity index is 456. The molecule has 1 amide bonds. The van der Waals surface area contributed by atoms with Gasteiger partial charge in [0.2, 0.25) is 5.91 Å². The first-order chi connectivity index (χ1) is 9.96. The molecule has 1 aliphatic heterocycles. The van der Waals surface area contributed by atoms with E-state index in [0.29, 0.717) is 5.92 Å². The zero-order valence-corrected chi connectivity index (χ0v) is 13.5. The fourth-order valence-corrected chi connectivity index (χ4v) is 2.89. The second kappa shape index (κ2) is 7.08. The molecule has 2 atom stereocenters. The Hall–Kier alpha value is -1.35. The fourth-order valence-electron chi connectivity index (χ4n) is 2.89. The van der Waals surface area contributed by atoms with Crippen LogP contribution in [-0.2, 0) is 11.2 Å². The molecule has 1 aromatic carbocycles. The van der Waals surface area contributed by atoms with Gasteiger partial charge in [-0.25, -0.2) is 0 Å². The molecule has 0 aliphatic carbocycles. The summed E-state index contributed by atoms with van der Waals surface area (Å²) >= 11 is 0. The van der Waals surface area contributed by atoms with Crippen LogP contribution in [-0.4, -0.2) is 24.0 Å². The third-order valence-corrected chi connectivity index (χ3v) is 4.33. The molecule has 0 saturated carbocycles. The zero-order valence-electron chi connectivity index (χ0n) is 13.5. The van der Waals surface area contributed by atoms with Crippen LogP contribution in [0, 0.1) is 5.92 Å². The third-order valence-electron chi connectivity index (χ3n) is 4.33. The smallest absolute Gasteiger partial charge is 0.237 e. The summed E-state index contributed by atoms with van der Waals surface area (Å²) in [4.78, 5) is 12.4. The van der Waals surface area contributed by atoms with Gasteiger partial charge in [0.15, 0.2) is 0 Å². The molecule has 21 heavy (non-hydrogen) atoms. The maximum absolute atomic E-state index is 12.4. The maximum atomic E-state index is 12.4. The predicted molar refractivity (Wildman–Crippen MR) is 87.2 cm³/mol. The van der Waals surface area contributed by atoms with Crippen LogP contribution in [0.25, 0.3) is 0 Å². The van der Waals surface area contributed by atoms with Gasteiger partial charge in [0, 0.05) is 5.54 Å². The van der Waals surface area contributed by atoms with Crippen LogP contribution in [0.5, 0.6) is 0 Å². The molecule has 1 fully saturated rings. The molecule has 1 heterocycles. The Balaban J connectivity index is 1.83. The van der Waals surface area contributed by atoms with Gasteiger partial charge in [-0.2, -0.15) is 0 Å². The first-order valence-corrected chi connectivity index (χ1v) is 8.05. The second-order valence-corrected chi connectivity index (χ2v) is 6.99. The second-order valence-electron chi connectivity index (χ2n) is 6.99. The van der Waals surface area contributed by atoms with Crippen molar-refractivity contribution in [2.24, 2.45) is 5.92 Å². The topological polar surface area (TPSA) is 41.1 Å². The molecular formula is C18H28N2O. The van der Waals surface area contributed by atoms with E-state index in [0.717, 1.165) is 25.8 Å². The summed E-state index contributed by atoms with van der Waals surface area (Å²) in [6.07, 6.45) is 4.05. The number of aryl methyl sites for hydroxylation is 1. The Morgan fingerprint density at radius 1 is 1.33 bits per heavy atom. The van der Waals surface area contributed by atoms with E-state index in [4.69, 9.17) is 0 Å². The Labute approximate surface area is 128 Å². The van der Waals surface area contributed by atoms with Gasteiger partial charge >= 0.3 is 0 Å². The van der Waals surface area contributed by atoms with Crippen LogP contribution in [0.3, 0.4) is 0 Å². The molecule has 2 N–H and O–H groups in total. The average molecular weight is 288 g/mol. The lowest BCUT2D eigenvalue weighted by molar-refractivity contribution is -0.125. The first kappa shape index (κ1) is 16.0. The Kier molecular flexibility index (Phi) is 5.40. The van der Waals surface area contributed by atoms with Crippen LogP contribution in [0.15, 0.2) is 30.3 Å². The van der Waals surface area contributed by atoms with Crippen LogP contribution >= 0.6 is 0 Å². The molecule has 1 aromatic rings. The van der Waals surface area contributed by atoms with Crippen molar-refractivity contribution >= 4 is 5.91 Å². The summed E-state index contributed by atoms with van der Waals surface area (Å²) in [7, 11) is 0. The van der Waals surface area contributed by atoms with Crippen molar-refractivity contribution in [2.45, 2.75) is 58.0 Å². The lowest BCUT2D eigenvalue weighted by Crippen LogP contribution is -2.54. The molecule has 2 rings (SSSR count).